The molecule has 8 nitrogen and oxygen atoms in total. The number of nitrogens with zero attached hydrogens (tertiary/aromatic N) is 4. The van der Waals surface area contributed by atoms with Crippen molar-refractivity contribution in [1.29, 1.82) is 0 Å². The summed E-state index contributed by atoms with van der Waals surface area (Å²) < 4.78 is 13.5. The highest BCUT2D eigenvalue weighted by atomic mass is 16.6. The van der Waals surface area contributed by atoms with Gasteiger partial charge in [-0.05, 0) is 43.5 Å². The van der Waals surface area contributed by atoms with Gasteiger partial charge in [-0.15, -0.1) is 0 Å². The van der Waals surface area contributed by atoms with E-state index in [1.165, 1.54) is 0 Å². The molecule has 3 aromatic rings. The highest BCUT2D eigenvalue weighted by Crippen LogP contribution is 2.32. The molecule has 1 saturated heterocycles. The minimum Gasteiger partial charge on any atom is -0.485 e. The number of piperazine rings is 1. The van der Waals surface area contributed by atoms with Gasteiger partial charge in [-0.25, -0.2) is 4.68 Å². The van der Waals surface area contributed by atoms with Crippen LogP contribution in [0.15, 0.2) is 54.6 Å². The van der Waals surface area contributed by atoms with Crippen molar-refractivity contribution in [2.45, 2.75) is 25.4 Å². The summed E-state index contributed by atoms with van der Waals surface area (Å²) in [5.74, 6) is 1.09. The van der Waals surface area contributed by atoms with Gasteiger partial charge in [-0.2, -0.15) is 5.10 Å². The van der Waals surface area contributed by atoms with Crippen LogP contribution in [0.3, 0.4) is 0 Å². The molecule has 0 N–H and O–H groups in total. The van der Waals surface area contributed by atoms with Gasteiger partial charge >= 0.3 is 0 Å². The molecule has 2 aliphatic heterocycles. The number of fused-ring (bicyclic) bond motifs is 2. The topological polar surface area (TPSA) is 76.9 Å². The fourth-order valence-electron chi connectivity index (χ4n) is 5.02. The molecule has 8 heteroatoms. The smallest absolute Gasteiger partial charge is 0.274 e. The summed E-state index contributed by atoms with van der Waals surface area (Å²) in [5, 5.41) is 4.73. The normalized spacial score (nSPS) is 19.1. The second-order valence-corrected chi connectivity index (χ2v) is 8.86. The first-order chi connectivity index (χ1) is 16.7. The Morgan fingerprint density at radius 3 is 2.35 bits per heavy atom. The number of hydrogen-bond donors (Lipinski definition) is 0. The Kier molecular flexibility index (Phi) is 5.20. The van der Waals surface area contributed by atoms with Gasteiger partial charge in [0, 0.05) is 37.4 Å². The molecule has 3 aliphatic rings. The summed E-state index contributed by atoms with van der Waals surface area (Å²) in [6.45, 7) is 2.07. The number of rotatable bonds is 3. The molecule has 0 radical (unpaired) electrons. The number of aromatic nitrogens is 2. The average molecular weight is 459 g/mol. The van der Waals surface area contributed by atoms with Crippen molar-refractivity contribution in [2.75, 3.05) is 32.8 Å². The summed E-state index contributed by atoms with van der Waals surface area (Å²) in [6.07, 6.45) is 2.18. The molecule has 6 rings (SSSR count). The molecule has 0 unspecified atom stereocenters. The highest BCUT2D eigenvalue weighted by molar-refractivity contribution is 5.94. The van der Waals surface area contributed by atoms with Crippen molar-refractivity contribution in [3.63, 3.8) is 0 Å². The van der Waals surface area contributed by atoms with Crippen LogP contribution < -0.4 is 9.47 Å². The summed E-state index contributed by atoms with van der Waals surface area (Å²) in [6, 6.07) is 17.3. The van der Waals surface area contributed by atoms with Gasteiger partial charge in [0.25, 0.3) is 11.8 Å². The van der Waals surface area contributed by atoms with Crippen molar-refractivity contribution in [2.24, 2.45) is 0 Å². The fourth-order valence-corrected chi connectivity index (χ4v) is 5.02. The van der Waals surface area contributed by atoms with Gasteiger partial charge in [0.2, 0.25) is 6.10 Å². The molecule has 0 bridgehead atoms. The van der Waals surface area contributed by atoms with E-state index in [0.717, 1.165) is 36.2 Å². The standard InChI is InChI=1S/C26H26N4O4/c31-25(23-17-33-21-11-4-5-12-22(21)34-23)28-13-15-29(16-14-28)26(32)24-19-9-6-10-20(19)30(27-24)18-7-2-1-3-8-18/h1-5,7-8,11-12,23H,6,9-10,13-17H2/t23-/m0/s1. The zero-order valence-electron chi connectivity index (χ0n) is 18.9. The predicted octanol–water partition coefficient (Wildman–Crippen LogP) is 2.49. The van der Waals surface area contributed by atoms with Gasteiger partial charge < -0.3 is 19.3 Å². The van der Waals surface area contributed by atoms with Crippen LogP contribution in [0.25, 0.3) is 5.69 Å². The maximum atomic E-state index is 13.4. The Balaban J connectivity index is 1.13. The molecule has 1 aromatic heterocycles. The summed E-state index contributed by atoms with van der Waals surface area (Å²) in [7, 11) is 0. The summed E-state index contributed by atoms with van der Waals surface area (Å²) in [4.78, 5) is 30.0. The minimum absolute atomic E-state index is 0.0499. The second-order valence-electron chi connectivity index (χ2n) is 8.86. The molecule has 1 aliphatic carbocycles. The third-order valence-electron chi connectivity index (χ3n) is 6.80. The van der Waals surface area contributed by atoms with Gasteiger partial charge in [0.1, 0.15) is 6.61 Å². The maximum Gasteiger partial charge on any atom is 0.274 e. The summed E-state index contributed by atoms with van der Waals surface area (Å²) in [5.41, 5.74) is 3.74. The number of benzene rings is 2. The van der Waals surface area contributed by atoms with E-state index in [1.807, 2.05) is 58.1 Å². The number of carbonyl (C=O) groups is 2. The van der Waals surface area contributed by atoms with E-state index in [0.29, 0.717) is 43.4 Å². The zero-order valence-corrected chi connectivity index (χ0v) is 18.9. The lowest BCUT2D eigenvalue weighted by Gasteiger charge is -2.37. The van der Waals surface area contributed by atoms with Crippen molar-refractivity contribution in [3.8, 4) is 17.2 Å². The predicted molar refractivity (Wildman–Crippen MR) is 124 cm³/mol. The van der Waals surface area contributed by atoms with Gasteiger partial charge in [0.15, 0.2) is 17.2 Å². The Bertz CT molecular complexity index is 1230. The molecule has 1 fully saturated rings. The molecule has 3 heterocycles. The first-order valence-corrected chi connectivity index (χ1v) is 11.8. The maximum absolute atomic E-state index is 13.4. The third-order valence-corrected chi connectivity index (χ3v) is 6.80. The Hall–Kier alpha value is -3.81. The molecular weight excluding hydrogens is 432 g/mol. The van der Waals surface area contributed by atoms with E-state index in [4.69, 9.17) is 14.6 Å². The van der Waals surface area contributed by atoms with Crippen LogP contribution in [0.2, 0.25) is 0 Å². The van der Waals surface area contributed by atoms with E-state index in [2.05, 4.69) is 0 Å². The van der Waals surface area contributed by atoms with Gasteiger partial charge in [-0.3, -0.25) is 9.59 Å². The quantitative estimate of drug-likeness (QED) is 0.603. The molecule has 174 valence electrons. The highest BCUT2D eigenvalue weighted by Gasteiger charge is 2.35. The van der Waals surface area contributed by atoms with Crippen LogP contribution in [-0.4, -0.2) is 70.3 Å². The van der Waals surface area contributed by atoms with E-state index < -0.39 is 6.10 Å². The number of hydrogen-bond acceptors (Lipinski definition) is 5. The number of amides is 2. The Morgan fingerprint density at radius 1 is 0.853 bits per heavy atom. The largest absolute Gasteiger partial charge is 0.485 e. The van der Waals surface area contributed by atoms with Crippen LogP contribution in [0.1, 0.15) is 28.2 Å². The Morgan fingerprint density at radius 2 is 1.56 bits per heavy atom. The average Bonchev–Trinajstić information content (AvgIpc) is 3.51. The van der Waals surface area contributed by atoms with Crippen molar-refractivity contribution in [3.05, 3.63) is 71.5 Å². The minimum atomic E-state index is -0.665. The summed E-state index contributed by atoms with van der Waals surface area (Å²) >= 11 is 0. The van der Waals surface area contributed by atoms with Gasteiger partial charge in [-0.1, -0.05) is 30.3 Å². The molecule has 1 atom stereocenters. The van der Waals surface area contributed by atoms with Crippen molar-refractivity contribution in [1.82, 2.24) is 19.6 Å². The van der Waals surface area contributed by atoms with E-state index in [9.17, 15) is 9.59 Å². The number of ether oxygens (including phenoxy) is 2. The lowest BCUT2D eigenvalue weighted by Crippen LogP contribution is -2.55. The molecular formula is C26H26N4O4. The Labute approximate surface area is 197 Å². The number of para-hydroxylation sites is 3. The second kappa shape index (κ2) is 8.52. The van der Waals surface area contributed by atoms with Crippen LogP contribution in [-0.2, 0) is 17.6 Å². The SMILES string of the molecule is O=C(c1nn(-c2ccccc2)c2c1CCC2)N1CCN(C(=O)[C@@H]2COc3ccccc3O2)CC1. The first kappa shape index (κ1) is 20.8. The van der Waals surface area contributed by atoms with Gasteiger partial charge in [0.05, 0.1) is 5.69 Å². The van der Waals surface area contributed by atoms with Crippen LogP contribution >= 0.6 is 0 Å². The molecule has 2 aromatic carbocycles. The molecule has 2 amide bonds. The van der Waals surface area contributed by atoms with Crippen molar-refractivity contribution >= 4 is 11.8 Å². The molecule has 0 saturated carbocycles. The third kappa shape index (κ3) is 3.59. The van der Waals surface area contributed by atoms with Crippen LogP contribution in [0.5, 0.6) is 11.5 Å². The van der Waals surface area contributed by atoms with Crippen molar-refractivity contribution < 1.29 is 19.1 Å². The van der Waals surface area contributed by atoms with Crippen LogP contribution in [0, 0.1) is 0 Å². The van der Waals surface area contributed by atoms with E-state index >= 15 is 0 Å². The monoisotopic (exact) mass is 458 g/mol. The fraction of sp³-hybridized carbons (Fsp3) is 0.346. The zero-order chi connectivity index (χ0) is 23.1. The lowest BCUT2D eigenvalue weighted by atomic mass is 10.1. The lowest BCUT2D eigenvalue weighted by molar-refractivity contribution is -0.142. The van der Waals surface area contributed by atoms with Crippen LogP contribution in [0.4, 0.5) is 0 Å². The molecule has 34 heavy (non-hydrogen) atoms. The number of carbonyl (C=O) groups excluding carboxylic acids is 2. The first-order valence-electron chi connectivity index (χ1n) is 11.8. The molecule has 0 spiro atoms. The van der Waals surface area contributed by atoms with E-state index in [1.54, 1.807) is 11.0 Å². The van der Waals surface area contributed by atoms with E-state index in [-0.39, 0.29) is 18.4 Å².